The summed E-state index contributed by atoms with van der Waals surface area (Å²) in [4.78, 5) is 17.3. The van der Waals surface area contributed by atoms with Crippen molar-refractivity contribution in [2.24, 2.45) is 0 Å². The number of hydrogen-bond acceptors (Lipinski definition) is 7. The number of piperazine rings is 1. The molecule has 0 aromatic carbocycles. The van der Waals surface area contributed by atoms with Gasteiger partial charge < -0.3 is 10.2 Å². The molecule has 170 valence electrons. The summed E-state index contributed by atoms with van der Waals surface area (Å²) < 4.78 is 13.3. The molecule has 0 radical (unpaired) electrons. The molecule has 2 fully saturated rings. The third kappa shape index (κ3) is 4.00. The standard InChI is InChI=1S/C22H25N5OS2.C2H6/c1-5-12(2)13(3)18-19-16(8-9-23-18)17-20(25-22(30(4)28)26-21(17)29-19)27-10-14-6-7-15(11-27)24-14;1-2/h8-9,14-15,24H,2-3,5-7,10-11H2,1,4H3;1-2H3. The van der Waals surface area contributed by atoms with Gasteiger partial charge in [0, 0.05) is 43.0 Å². The van der Waals surface area contributed by atoms with E-state index >= 15 is 0 Å². The van der Waals surface area contributed by atoms with Crippen LogP contribution in [0.3, 0.4) is 0 Å². The van der Waals surface area contributed by atoms with Gasteiger partial charge in [-0.05, 0) is 36.5 Å². The lowest BCUT2D eigenvalue weighted by Gasteiger charge is -2.34. The molecule has 2 saturated heterocycles. The van der Waals surface area contributed by atoms with Crippen LogP contribution in [-0.2, 0) is 10.8 Å². The highest BCUT2D eigenvalue weighted by Gasteiger charge is 2.34. The van der Waals surface area contributed by atoms with Gasteiger partial charge in [0.1, 0.15) is 10.6 Å². The maximum atomic E-state index is 12.3. The van der Waals surface area contributed by atoms with Crippen molar-refractivity contribution >= 4 is 53.8 Å². The van der Waals surface area contributed by atoms with E-state index in [4.69, 9.17) is 4.98 Å². The Morgan fingerprint density at radius 2 is 1.94 bits per heavy atom. The summed E-state index contributed by atoms with van der Waals surface area (Å²) in [6, 6.07) is 3.00. The number of fused-ring (bicyclic) bond motifs is 5. The van der Waals surface area contributed by atoms with E-state index in [0.717, 1.165) is 62.5 Å². The Hall–Kier alpha value is -2.16. The Labute approximate surface area is 196 Å². The first-order valence-corrected chi connectivity index (χ1v) is 13.6. The molecule has 5 heterocycles. The van der Waals surface area contributed by atoms with Gasteiger partial charge >= 0.3 is 0 Å². The van der Waals surface area contributed by atoms with Gasteiger partial charge in [-0.15, -0.1) is 11.3 Å². The Kier molecular flexibility index (Phi) is 6.74. The van der Waals surface area contributed by atoms with Gasteiger partial charge in [-0.25, -0.2) is 9.97 Å². The highest BCUT2D eigenvalue weighted by atomic mass is 32.2. The first-order valence-electron chi connectivity index (χ1n) is 11.3. The lowest BCUT2D eigenvalue weighted by Crippen LogP contribution is -2.51. The molecule has 3 aromatic rings. The molecule has 1 N–H and O–H groups in total. The van der Waals surface area contributed by atoms with Crippen molar-refractivity contribution < 1.29 is 4.21 Å². The molecule has 3 atom stereocenters. The molecular formula is C24H31N5OS2. The van der Waals surface area contributed by atoms with Crippen molar-refractivity contribution in [1.82, 2.24) is 20.3 Å². The van der Waals surface area contributed by atoms with Gasteiger partial charge in [-0.1, -0.05) is 33.9 Å². The van der Waals surface area contributed by atoms with Gasteiger partial charge in [0.2, 0.25) is 5.16 Å². The van der Waals surface area contributed by atoms with Crippen LogP contribution < -0.4 is 10.2 Å². The fraction of sp³-hybridized carbons (Fsp3) is 0.458. The van der Waals surface area contributed by atoms with Gasteiger partial charge in [0.15, 0.2) is 0 Å². The number of nitrogens with one attached hydrogen (secondary N) is 1. The van der Waals surface area contributed by atoms with Crippen LogP contribution in [0, 0.1) is 0 Å². The minimum Gasteiger partial charge on any atom is -0.353 e. The number of hydrogen-bond donors (Lipinski definition) is 1. The SMILES string of the molecule is C=C(CC)C(=C)c1nccc2c1sc1nc(S(C)=O)nc(N3CC4CCC(C3)N4)c12.CC. The highest BCUT2D eigenvalue weighted by molar-refractivity contribution is 7.84. The Morgan fingerprint density at radius 1 is 1.25 bits per heavy atom. The van der Waals surface area contributed by atoms with E-state index in [2.05, 4.69) is 40.3 Å². The van der Waals surface area contributed by atoms with E-state index in [1.807, 2.05) is 26.1 Å². The van der Waals surface area contributed by atoms with Gasteiger partial charge in [0.05, 0.1) is 26.6 Å². The molecule has 2 bridgehead atoms. The lowest BCUT2D eigenvalue weighted by atomic mass is 10.0. The van der Waals surface area contributed by atoms with Gasteiger partial charge in [-0.3, -0.25) is 9.19 Å². The number of nitrogens with zero attached hydrogens (tertiary/aromatic N) is 4. The van der Waals surface area contributed by atoms with E-state index < -0.39 is 10.8 Å². The zero-order valence-electron chi connectivity index (χ0n) is 19.3. The first-order chi connectivity index (χ1) is 15.5. The van der Waals surface area contributed by atoms with Crippen molar-refractivity contribution in [2.45, 2.75) is 57.3 Å². The fourth-order valence-corrected chi connectivity index (χ4v) is 6.16. The maximum Gasteiger partial charge on any atom is 0.221 e. The van der Waals surface area contributed by atoms with Crippen molar-refractivity contribution in [3.05, 3.63) is 36.7 Å². The summed E-state index contributed by atoms with van der Waals surface area (Å²) in [6.07, 6.45) is 6.68. The van der Waals surface area contributed by atoms with E-state index in [0.29, 0.717) is 17.2 Å². The molecule has 5 rings (SSSR count). The molecule has 0 spiro atoms. The van der Waals surface area contributed by atoms with Crippen LogP contribution in [0.4, 0.5) is 5.82 Å². The molecule has 0 saturated carbocycles. The number of allylic oxidation sites excluding steroid dienone is 2. The van der Waals surface area contributed by atoms with E-state index in [9.17, 15) is 4.21 Å². The van der Waals surface area contributed by atoms with E-state index in [1.165, 1.54) is 12.8 Å². The number of anilines is 1. The van der Waals surface area contributed by atoms with Gasteiger partial charge in [0.25, 0.3) is 0 Å². The van der Waals surface area contributed by atoms with E-state index in [1.54, 1.807) is 17.6 Å². The Balaban J connectivity index is 0.00000119. The van der Waals surface area contributed by atoms with Crippen LogP contribution >= 0.6 is 11.3 Å². The minimum absolute atomic E-state index is 0.390. The van der Waals surface area contributed by atoms with Crippen molar-refractivity contribution in [2.75, 3.05) is 24.2 Å². The van der Waals surface area contributed by atoms with Crippen LogP contribution in [0.2, 0.25) is 0 Å². The molecule has 3 unspecified atom stereocenters. The predicted octanol–water partition coefficient (Wildman–Crippen LogP) is 4.92. The maximum absolute atomic E-state index is 12.3. The predicted molar refractivity (Wildman–Crippen MR) is 137 cm³/mol. The van der Waals surface area contributed by atoms with Crippen LogP contribution in [0.15, 0.2) is 36.2 Å². The second kappa shape index (κ2) is 9.37. The normalized spacial score (nSPS) is 20.8. The smallest absolute Gasteiger partial charge is 0.221 e. The van der Waals surface area contributed by atoms with Crippen molar-refractivity contribution in [1.29, 1.82) is 0 Å². The summed E-state index contributed by atoms with van der Waals surface area (Å²) in [7, 11) is -1.25. The number of rotatable bonds is 5. The molecule has 32 heavy (non-hydrogen) atoms. The van der Waals surface area contributed by atoms with Crippen LogP contribution in [0.1, 0.15) is 45.7 Å². The second-order valence-electron chi connectivity index (χ2n) is 8.08. The summed E-state index contributed by atoms with van der Waals surface area (Å²) in [5.74, 6) is 0.895. The topological polar surface area (TPSA) is 71.0 Å². The summed E-state index contributed by atoms with van der Waals surface area (Å²) in [5.41, 5.74) is 2.70. The monoisotopic (exact) mass is 469 g/mol. The Morgan fingerprint density at radius 3 is 2.56 bits per heavy atom. The molecule has 8 heteroatoms. The highest BCUT2D eigenvalue weighted by Crippen LogP contribution is 2.42. The first kappa shape index (κ1) is 23.0. The quantitative estimate of drug-likeness (QED) is 0.422. The number of thiophene rings is 1. The molecular weight excluding hydrogens is 438 g/mol. The average molecular weight is 470 g/mol. The zero-order valence-corrected chi connectivity index (χ0v) is 20.9. The third-order valence-corrected chi connectivity index (χ3v) is 7.92. The van der Waals surface area contributed by atoms with Crippen molar-refractivity contribution in [3.8, 4) is 0 Å². The van der Waals surface area contributed by atoms with Gasteiger partial charge in [-0.2, -0.15) is 0 Å². The molecule has 2 aliphatic rings. The van der Waals surface area contributed by atoms with Crippen molar-refractivity contribution in [3.63, 3.8) is 0 Å². The molecule has 3 aromatic heterocycles. The van der Waals surface area contributed by atoms with Crippen LogP contribution in [-0.4, -0.2) is 50.6 Å². The average Bonchev–Trinajstić information content (AvgIpc) is 3.37. The minimum atomic E-state index is -1.25. The fourth-order valence-electron chi connectivity index (χ4n) is 4.49. The summed E-state index contributed by atoms with van der Waals surface area (Å²) >= 11 is 1.58. The zero-order chi connectivity index (χ0) is 23.0. The number of aromatic nitrogens is 3. The van der Waals surface area contributed by atoms with Crippen LogP contribution in [0.5, 0.6) is 0 Å². The lowest BCUT2D eigenvalue weighted by molar-refractivity contribution is 0.463. The molecule has 6 nitrogen and oxygen atoms in total. The molecule has 2 aliphatic heterocycles. The Bertz CT molecular complexity index is 1210. The van der Waals surface area contributed by atoms with Crippen LogP contribution in [0.25, 0.3) is 25.9 Å². The second-order valence-corrected chi connectivity index (χ2v) is 10.4. The number of pyridine rings is 1. The van der Waals surface area contributed by atoms with E-state index in [-0.39, 0.29) is 0 Å². The third-order valence-electron chi connectivity index (χ3n) is 6.12. The molecule has 0 aliphatic carbocycles. The summed E-state index contributed by atoms with van der Waals surface area (Å²) in [5, 5.41) is 6.18. The largest absolute Gasteiger partial charge is 0.353 e. The summed E-state index contributed by atoms with van der Waals surface area (Å²) in [6.45, 7) is 16.3. The molecule has 0 amide bonds.